The van der Waals surface area contributed by atoms with E-state index in [-0.39, 0.29) is 33.3 Å². The predicted octanol–water partition coefficient (Wildman–Crippen LogP) is 2.28. The molecule has 108 valence electrons. The lowest BCUT2D eigenvalue weighted by Crippen LogP contribution is -2.36. The third-order valence-electron chi connectivity index (χ3n) is 2.31. The molecule has 0 spiro atoms. The molecule has 0 amide bonds. The molecule has 5 nitrogen and oxygen atoms in total. The van der Waals surface area contributed by atoms with E-state index in [1.165, 1.54) is 12.1 Å². The number of nitrogens with two attached hydrogens (primary N) is 1. The summed E-state index contributed by atoms with van der Waals surface area (Å²) in [5.41, 5.74) is 5.65. The number of nitrogen functional groups attached to an aromatic ring is 1. The molecule has 0 fully saturated rings. The molecule has 1 aromatic rings. The number of ether oxygens (including phenoxy) is 1. The van der Waals surface area contributed by atoms with Gasteiger partial charge in [0.25, 0.3) is 0 Å². The van der Waals surface area contributed by atoms with Gasteiger partial charge in [0.15, 0.2) is 0 Å². The highest BCUT2D eigenvalue weighted by Gasteiger charge is 2.22. The van der Waals surface area contributed by atoms with Gasteiger partial charge in [-0.1, -0.05) is 23.2 Å². The van der Waals surface area contributed by atoms with E-state index in [0.717, 1.165) is 0 Å². The summed E-state index contributed by atoms with van der Waals surface area (Å²) < 4.78 is 31.9. The van der Waals surface area contributed by atoms with Crippen LogP contribution in [0.1, 0.15) is 13.8 Å². The normalized spacial score (nSPS) is 13.5. The second-order valence-corrected chi connectivity index (χ2v) is 6.42. The summed E-state index contributed by atoms with van der Waals surface area (Å²) in [6.45, 7) is 4.31. The maximum Gasteiger partial charge on any atom is 0.242 e. The fourth-order valence-electron chi connectivity index (χ4n) is 1.41. The van der Waals surface area contributed by atoms with Gasteiger partial charge in [0.05, 0.1) is 22.3 Å². The summed E-state index contributed by atoms with van der Waals surface area (Å²) in [5.74, 6) is 0. The number of nitrogens with one attached hydrogen (secondary N) is 1. The molecule has 1 unspecified atom stereocenters. The zero-order valence-electron chi connectivity index (χ0n) is 10.6. The Morgan fingerprint density at radius 1 is 1.42 bits per heavy atom. The first kappa shape index (κ1) is 16.5. The smallest absolute Gasteiger partial charge is 0.242 e. The summed E-state index contributed by atoms with van der Waals surface area (Å²) in [6.07, 6.45) is 0. The second kappa shape index (κ2) is 6.76. The first-order valence-electron chi connectivity index (χ1n) is 5.63. The van der Waals surface area contributed by atoms with Crippen molar-refractivity contribution >= 4 is 38.9 Å². The van der Waals surface area contributed by atoms with Gasteiger partial charge in [0.1, 0.15) is 4.90 Å². The van der Waals surface area contributed by atoms with Crippen molar-refractivity contribution in [3.8, 4) is 0 Å². The average molecular weight is 327 g/mol. The monoisotopic (exact) mass is 326 g/mol. The number of rotatable bonds is 6. The molecule has 0 aromatic heterocycles. The molecule has 0 saturated carbocycles. The lowest BCUT2D eigenvalue weighted by Gasteiger charge is -2.15. The Morgan fingerprint density at radius 3 is 2.63 bits per heavy atom. The van der Waals surface area contributed by atoms with Crippen molar-refractivity contribution in [1.82, 2.24) is 4.72 Å². The highest BCUT2D eigenvalue weighted by atomic mass is 35.5. The van der Waals surface area contributed by atoms with Crippen LogP contribution in [-0.2, 0) is 14.8 Å². The van der Waals surface area contributed by atoms with E-state index in [0.29, 0.717) is 6.61 Å². The van der Waals surface area contributed by atoms with E-state index in [1.54, 1.807) is 6.92 Å². The van der Waals surface area contributed by atoms with Crippen LogP contribution < -0.4 is 10.5 Å². The third-order valence-corrected chi connectivity index (χ3v) is 4.79. The van der Waals surface area contributed by atoms with E-state index in [4.69, 9.17) is 33.7 Å². The summed E-state index contributed by atoms with van der Waals surface area (Å²) in [4.78, 5) is -0.0978. The topological polar surface area (TPSA) is 81.4 Å². The van der Waals surface area contributed by atoms with Crippen molar-refractivity contribution in [3.63, 3.8) is 0 Å². The number of halogens is 2. The largest absolute Gasteiger partial charge is 0.396 e. The average Bonchev–Trinajstić information content (AvgIpc) is 2.32. The molecule has 0 aliphatic heterocycles. The number of benzene rings is 1. The minimum absolute atomic E-state index is 0.0451. The Morgan fingerprint density at radius 2 is 2.05 bits per heavy atom. The van der Waals surface area contributed by atoms with Gasteiger partial charge in [-0.25, -0.2) is 13.1 Å². The van der Waals surface area contributed by atoms with Crippen molar-refractivity contribution in [2.24, 2.45) is 0 Å². The van der Waals surface area contributed by atoms with Gasteiger partial charge < -0.3 is 10.5 Å². The van der Waals surface area contributed by atoms with Gasteiger partial charge in [0.2, 0.25) is 10.0 Å². The van der Waals surface area contributed by atoms with Crippen LogP contribution in [0, 0.1) is 0 Å². The molecule has 1 aromatic carbocycles. The SMILES string of the molecule is CCOCC(C)NS(=O)(=O)c1ccc(Cl)c(N)c1Cl. The van der Waals surface area contributed by atoms with E-state index < -0.39 is 10.0 Å². The molecular formula is C11H16Cl2N2O3S. The van der Waals surface area contributed by atoms with Crippen LogP contribution in [0.4, 0.5) is 5.69 Å². The molecule has 8 heteroatoms. The number of hydrogen-bond acceptors (Lipinski definition) is 4. The summed E-state index contributed by atoms with van der Waals surface area (Å²) in [6, 6.07) is 2.33. The zero-order chi connectivity index (χ0) is 14.6. The van der Waals surface area contributed by atoms with Crippen molar-refractivity contribution in [2.45, 2.75) is 24.8 Å². The minimum atomic E-state index is -3.76. The summed E-state index contributed by atoms with van der Waals surface area (Å²) in [7, 11) is -3.76. The van der Waals surface area contributed by atoms with Crippen LogP contribution in [0.5, 0.6) is 0 Å². The first-order valence-corrected chi connectivity index (χ1v) is 7.87. The molecule has 1 rings (SSSR count). The van der Waals surface area contributed by atoms with Crippen molar-refractivity contribution in [1.29, 1.82) is 0 Å². The molecule has 0 aliphatic carbocycles. The minimum Gasteiger partial charge on any atom is -0.396 e. The van der Waals surface area contributed by atoms with E-state index in [2.05, 4.69) is 4.72 Å². The van der Waals surface area contributed by atoms with Crippen LogP contribution in [0.15, 0.2) is 17.0 Å². The standard InChI is InChI=1S/C11H16Cl2N2O3S/c1-3-18-6-7(2)15-19(16,17)9-5-4-8(12)11(14)10(9)13/h4-5,7,15H,3,6,14H2,1-2H3. The van der Waals surface area contributed by atoms with Crippen molar-refractivity contribution < 1.29 is 13.2 Å². The molecule has 0 bridgehead atoms. The Hall–Kier alpha value is -0.530. The Labute approximate surface area is 123 Å². The Kier molecular flexibility index (Phi) is 5.88. The van der Waals surface area contributed by atoms with Crippen LogP contribution in [0.2, 0.25) is 10.0 Å². The van der Waals surface area contributed by atoms with E-state index in [1.807, 2.05) is 6.92 Å². The first-order chi connectivity index (χ1) is 8.79. The number of hydrogen-bond donors (Lipinski definition) is 2. The summed E-state index contributed by atoms with van der Waals surface area (Å²) in [5, 5.41) is 0.134. The van der Waals surface area contributed by atoms with E-state index in [9.17, 15) is 8.42 Å². The number of sulfonamides is 1. The van der Waals surface area contributed by atoms with Gasteiger partial charge >= 0.3 is 0 Å². The van der Waals surface area contributed by atoms with Crippen LogP contribution in [0.25, 0.3) is 0 Å². The summed E-state index contributed by atoms with van der Waals surface area (Å²) >= 11 is 11.7. The van der Waals surface area contributed by atoms with Gasteiger partial charge in [-0.2, -0.15) is 0 Å². The van der Waals surface area contributed by atoms with Gasteiger partial charge in [-0.15, -0.1) is 0 Å². The number of anilines is 1. The molecule has 1 atom stereocenters. The fraction of sp³-hybridized carbons (Fsp3) is 0.455. The van der Waals surface area contributed by atoms with Crippen LogP contribution in [-0.4, -0.2) is 27.7 Å². The molecule has 19 heavy (non-hydrogen) atoms. The van der Waals surface area contributed by atoms with E-state index >= 15 is 0 Å². The Balaban J connectivity index is 2.98. The molecule has 0 heterocycles. The fourth-order valence-corrected chi connectivity index (χ4v) is 3.41. The van der Waals surface area contributed by atoms with Gasteiger partial charge in [-0.3, -0.25) is 0 Å². The molecule has 0 radical (unpaired) electrons. The van der Waals surface area contributed by atoms with Gasteiger partial charge in [-0.05, 0) is 26.0 Å². The lowest BCUT2D eigenvalue weighted by atomic mass is 10.3. The maximum atomic E-state index is 12.1. The predicted molar refractivity (Wildman–Crippen MR) is 77.2 cm³/mol. The van der Waals surface area contributed by atoms with Crippen LogP contribution >= 0.6 is 23.2 Å². The quantitative estimate of drug-likeness (QED) is 0.786. The zero-order valence-corrected chi connectivity index (χ0v) is 12.9. The van der Waals surface area contributed by atoms with Crippen LogP contribution in [0.3, 0.4) is 0 Å². The molecule has 3 N–H and O–H groups in total. The Bertz CT molecular complexity index is 549. The highest BCUT2D eigenvalue weighted by Crippen LogP contribution is 2.32. The molecular weight excluding hydrogens is 311 g/mol. The molecule has 0 aliphatic rings. The van der Waals surface area contributed by atoms with Gasteiger partial charge in [0, 0.05) is 12.6 Å². The second-order valence-electron chi connectivity index (χ2n) is 3.95. The van der Waals surface area contributed by atoms with Crippen molar-refractivity contribution in [2.75, 3.05) is 18.9 Å². The highest BCUT2D eigenvalue weighted by molar-refractivity contribution is 7.89. The maximum absolute atomic E-state index is 12.1. The third kappa shape index (κ3) is 4.22. The lowest BCUT2D eigenvalue weighted by molar-refractivity contribution is 0.133. The van der Waals surface area contributed by atoms with Crippen molar-refractivity contribution in [3.05, 3.63) is 22.2 Å². The molecule has 0 saturated heterocycles.